The van der Waals surface area contributed by atoms with Crippen molar-refractivity contribution >= 4 is 17.5 Å². The van der Waals surface area contributed by atoms with Crippen LogP contribution in [0.15, 0.2) is 24.3 Å². The van der Waals surface area contributed by atoms with E-state index in [4.69, 9.17) is 0 Å². The molecule has 0 aliphatic heterocycles. The maximum absolute atomic E-state index is 12.7. The summed E-state index contributed by atoms with van der Waals surface area (Å²) in [5.41, 5.74) is -0.701. The zero-order valence-corrected chi connectivity index (χ0v) is 14.9. The van der Waals surface area contributed by atoms with Crippen molar-refractivity contribution < 1.29 is 22.8 Å². The number of anilines is 1. The first-order valence-electron chi connectivity index (χ1n) is 9.01. The average Bonchev–Trinajstić information content (AvgIpc) is 2.83. The van der Waals surface area contributed by atoms with Crippen molar-refractivity contribution in [3.05, 3.63) is 29.8 Å². The lowest BCUT2D eigenvalue weighted by Crippen LogP contribution is -2.40. The minimum absolute atomic E-state index is 0.0618. The molecule has 1 N–H and O–H groups in total. The Morgan fingerprint density at radius 2 is 1.81 bits per heavy atom. The highest BCUT2D eigenvalue weighted by molar-refractivity contribution is 5.91. The van der Waals surface area contributed by atoms with Crippen molar-refractivity contribution in [3.63, 3.8) is 0 Å². The SMILES string of the molecule is CC(=O)N(CCC(=O)Nc1cccc(C(F)(F)F)c1)C1CCCCCC1. The van der Waals surface area contributed by atoms with E-state index in [9.17, 15) is 22.8 Å². The van der Waals surface area contributed by atoms with E-state index in [0.717, 1.165) is 50.7 Å². The van der Waals surface area contributed by atoms with Gasteiger partial charge in [-0.1, -0.05) is 31.7 Å². The molecular formula is C19H25F3N2O2. The zero-order valence-electron chi connectivity index (χ0n) is 14.9. The number of halogens is 3. The second-order valence-corrected chi connectivity index (χ2v) is 6.73. The Hall–Kier alpha value is -2.05. The van der Waals surface area contributed by atoms with Gasteiger partial charge in [0.1, 0.15) is 0 Å². The fourth-order valence-corrected chi connectivity index (χ4v) is 3.39. The van der Waals surface area contributed by atoms with Crippen LogP contribution >= 0.6 is 0 Å². The molecule has 0 unspecified atom stereocenters. The third-order valence-electron chi connectivity index (χ3n) is 4.72. The quantitative estimate of drug-likeness (QED) is 0.770. The molecule has 1 aromatic rings. The summed E-state index contributed by atoms with van der Waals surface area (Å²) < 4.78 is 38.2. The Labute approximate surface area is 151 Å². The normalized spacial score (nSPS) is 16.0. The summed E-state index contributed by atoms with van der Waals surface area (Å²) in [4.78, 5) is 25.8. The van der Waals surface area contributed by atoms with Gasteiger partial charge < -0.3 is 10.2 Å². The molecule has 0 spiro atoms. The smallest absolute Gasteiger partial charge is 0.339 e. The van der Waals surface area contributed by atoms with Gasteiger partial charge in [0.15, 0.2) is 0 Å². The van der Waals surface area contributed by atoms with Crippen LogP contribution in [0.25, 0.3) is 0 Å². The molecule has 1 saturated carbocycles. The van der Waals surface area contributed by atoms with E-state index in [-0.39, 0.29) is 30.6 Å². The molecule has 2 amide bonds. The van der Waals surface area contributed by atoms with Gasteiger partial charge in [0.2, 0.25) is 11.8 Å². The third kappa shape index (κ3) is 6.04. The molecule has 0 bridgehead atoms. The third-order valence-corrected chi connectivity index (χ3v) is 4.72. The Bertz CT molecular complexity index is 623. The zero-order chi connectivity index (χ0) is 19.2. The van der Waals surface area contributed by atoms with Crippen LogP contribution in [0.5, 0.6) is 0 Å². The topological polar surface area (TPSA) is 49.4 Å². The lowest BCUT2D eigenvalue weighted by Gasteiger charge is -2.30. The minimum atomic E-state index is -4.45. The van der Waals surface area contributed by atoms with Crippen molar-refractivity contribution in [2.45, 2.75) is 64.1 Å². The molecule has 1 aromatic carbocycles. The molecule has 144 valence electrons. The van der Waals surface area contributed by atoms with Gasteiger partial charge in [0, 0.05) is 31.6 Å². The highest BCUT2D eigenvalue weighted by Crippen LogP contribution is 2.30. The molecule has 2 rings (SSSR count). The van der Waals surface area contributed by atoms with Crippen molar-refractivity contribution in [1.29, 1.82) is 0 Å². The average molecular weight is 370 g/mol. The van der Waals surface area contributed by atoms with Crippen molar-refractivity contribution in [1.82, 2.24) is 4.90 Å². The Morgan fingerprint density at radius 1 is 1.15 bits per heavy atom. The van der Waals surface area contributed by atoms with E-state index in [2.05, 4.69) is 5.32 Å². The van der Waals surface area contributed by atoms with E-state index in [1.807, 2.05) is 0 Å². The van der Waals surface area contributed by atoms with Crippen LogP contribution in [0.4, 0.5) is 18.9 Å². The number of carbonyl (C=O) groups is 2. The summed E-state index contributed by atoms with van der Waals surface area (Å²) in [6, 6.07) is 4.69. The van der Waals surface area contributed by atoms with Crippen LogP contribution in [-0.4, -0.2) is 29.3 Å². The maximum Gasteiger partial charge on any atom is 0.416 e. The van der Waals surface area contributed by atoms with Gasteiger partial charge in [-0.05, 0) is 31.0 Å². The number of hydrogen-bond donors (Lipinski definition) is 1. The lowest BCUT2D eigenvalue weighted by molar-refractivity contribution is -0.137. The fraction of sp³-hybridized carbons (Fsp3) is 0.579. The summed E-state index contributed by atoms with van der Waals surface area (Å²) in [6.07, 6.45) is 1.97. The van der Waals surface area contributed by atoms with Crippen LogP contribution < -0.4 is 5.32 Å². The number of amides is 2. The van der Waals surface area contributed by atoms with Crippen molar-refractivity contribution in [2.24, 2.45) is 0 Å². The second kappa shape index (κ2) is 9.05. The van der Waals surface area contributed by atoms with E-state index >= 15 is 0 Å². The molecule has 1 aliphatic carbocycles. The molecule has 7 heteroatoms. The first-order valence-corrected chi connectivity index (χ1v) is 9.01. The predicted molar refractivity (Wildman–Crippen MR) is 93.6 cm³/mol. The molecule has 1 aliphatic rings. The number of nitrogens with one attached hydrogen (secondary N) is 1. The molecule has 1 fully saturated rings. The Morgan fingerprint density at radius 3 is 2.38 bits per heavy atom. The molecule has 26 heavy (non-hydrogen) atoms. The van der Waals surface area contributed by atoms with Gasteiger partial charge in [-0.25, -0.2) is 0 Å². The highest BCUT2D eigenvalue weighted by Gasteiger charge is 2.30. The van der Waals surface area contributed by atoms with E-state index in [1.54, 1.807) is 4.90 Å². The molecular weight excluding hydrogens is 345 g/mol. The molecule has 0 heterocycles. The number of nitrogens with zero attached hydrogens (tertiary/aromatic N) is 1. The monoisotopic (exact) mass is 370 g/mol. The highest BCUT2D eigenvalue weighted by atomic mass is 19.4. The molecule has 0 radical (unpaired) electrons. The lowest BCUT2D eigenvalue weighted by atomic mass is 10.1. The van der Waals surface area contributed by atoms with Crippen LogP contribution in [-0.2, 0) is 15.8 Å². The molecule has 0 saturated heterocycles. The number of hydrogen-bond acceptors (Lipinski definition) is 2. The minimum Gasteiger partial charge on any atom is -0.339 e. The van der Waals surface area contributed by atoms with Gasteiger partial charge >= 0.3 is 6.18 Å². The van der Waals surface area contributed by atoms with Crippen LogP contribution in [0.1, 0.15) is 57.4 Å². The predicted octanol–water partition coefficient (Wildman–Crippen LogP) is 4.61. The van der Waals surface area contributed by atoms with E-state index < -0.39 is 17.6 Å². The Kier molecular flexibility index (Phi) is 7.06. The second-order valence-electron chi connectivity index (χ2n) is 6.73. The first-order chi connectivity index (χ1) is 12.3. The molecule has 4 nitrogen and oxygen atoms in total. The number of alkyl halides is 3. The standard InChI is InChI=1S/C19H25F3N2O2/c1-14(25)24(17-9-4-2-3-5-10-17)12-11-18(26)23-16-8-6-7-15(13-16)19(20,21)22/h6-8,13,17H,2-5,9-12H2,1H3,(H,23,26). The molecule has 0 atom stereocenters. The summed E-state index contributed by atoms with van der Waals surface area (Å²) in [6.45, 7) is 1.78. The number of rotatable bonds is 5. The van der Waals surface area contributed by atoms with Gasteiger partial charge in [0.05, 0.1) is 5.56 Å². The van der Waals surface area contributed by atoms with Crippen molar-refractivity contribution in [3.8, 4) is 0 Å². The number of benzene rings is 1. The van der Waals surface area contributed by atoms with Gasteiger partial charge in [0.25, 0.3) is 0 Å². The summed E-state index contributed by atoms with van der Waals surface area (Å²) >= 11 is 0. The van der Waals surface area contributed by atoms with Crippen LogP contribution in [0.3, 0.4) is 0 Å². The number of carbonyl (C=O) groups excluding carboxylic acids is 2. The molecule has 0 aromatic heterocycles. The fourth-order valence-electron chi connectivity index (χ4n) is 3.39. The van der Waals surface area contributed by atoms with Crippen LogP contribution in [0.2, 0.25) is 0 Å². The van der Waals surface area contributed by atoms with E-state index in [0.29, 0.717) is 0 Å². The Balaban J connectivity index is 1.93. The van der Waals surface area contributed by atoms with Gasteiger partial charge in [-0.2, -0.15) is 13.2 Å². The summed E-state index contributed by atoms with van der Waals surface area (Å²) in [5, 5.41) is 2.49. The first kappa shape index (κ1) is 20.3. The largest absolute Gasteiger partial charge is 0.416 e. The van der Waals surface area contributed by atoms with Crippen LogP contribution in [0, 0.1) is 0 Å². The van der Waals surface area contributed by atoms with Crippen molar-refractivity contribution in [2.75, 3.05) is 11.9 Å². The van der Waals surface area contributed by atoms with Gasteiger partial charge in [-0.3, -0.25) is 9.59 Å². The van der Waals surface area contributed by atoms with Gasteiger partial charge in [-0.15, -0.1) is 0 Å². The summed E-state index contributed by atoms with van der Waals surface area (Å²) in [7, 11) is 0. The maximum atomic E-state index is 12.7. The summed E-state index contributed by atoms with van der Waals surface area (Å²) in [5.74, 6) is -0.465. The van der Waals surface area contributed by atoms with E-state index in [1.165, 1.54) is 19.1 Å².